The number of amides is 4. The van der Waals surface area contributed by atoms with Gasteiger partial charge in [0.2, 0.25) is 6.79 Å². The van der Waals surface area contributed by atoms with Crippen LogP contribution in [0, 0.1) is 0 Å². The third-order valence-electron chi connectivity index (χ3n) is 4.57. The predicted octanol–water partition coefficient (Wildman–Crippen LogP) is 1.55. The Hall–Kier alpha value is -3.68. The van der Waals surface area contributed by atoms with E-state index in [1.54, 1.807) is 12.1 Å². The molecular weight excluding hydrogens is 352 g/mol. The maximum Gasteiger partial charge on any atom is 0.261 e. The molecule has 0 atom stereocenters. The topological polar surface area (TPSA) is 93.2 Å². The maximum atomic E-state index is 12.0. The third kappa shape index (κ3) is 2.53. The fraction of sp³-hybridized carbons (Fsp3) is 0.158. The third-order valence-corrected chi connectivity index (χ3v) is 4.57. The lowest BCUT2D eigenvalue weighted by Crippen LogP contribution is -2.24. The lowest BCUT2D eigenvalue weighted by Gasteiger charge is -2.09. The Morgan fingerprint density at radius 3 is 1.41 bits per heavy atom. The molecule has 8 heteroatoms. The van der Waals surface area contributed by atoms with Gasteiger partial charge in [0.25, 0.3) is 23.6 Å². The van der Waals surface area contributed by atoms with E-state index < -0.39 is 0 Å². The Morgan fingerprint density at radius 1 is 0.630 bits per heavy atom. The molecule has 8 nitrogen and oxygen atoms in total. The van der Waals surface area contributed by atoms with Crippen molar-refractivity contribution in [3.05, 3.63) is 58.7 Å². The highest BCUT2D eigenvalue weighted by molar-refractivity contribution is 6.22. The van der Waals surface area contributed by atoms with Crippen LogP contribution in [0.15, 0.2) is 36.4 Å². The van der Waals surface area contributed by atoms with Crippen LogP contribution in [0.25, 0.3) is 0 Å². The molecule has 0 N–H and O–H groups in total. The van der Waals surface area contributed by atoms with Gasteiger partial charge in [-0.25, -0.2) is 0 Å². The summed E-state index contributed by atoms with van der Waals surface area (Å²) in [5, 5.41) is 0. The van der Waals surface area contributed by atoms with Crippen LogP contribution in [0.4, 0.5) is 0 Å². The number of carbonyl (C=O) groups is 4. The zero-order valence-corrected chi connectivity index (χ0v) is 14.5. The van der Waals surface area contributed by atoms with Crippen molar-refractivity contribution in [3.8, 4) is 11.5 Å². The summed E-state index contributed by atoms with van der Waals surface area (Å²) in [4.78, 5) is 49.8. The van der Waals surface area contributed by atoms with Crippen molar-refractivity contribution < 1.29 is 28.7 Å². The lowest BCUT2D eigenvalue weighted by molar-refractivity contribution is 0.0677. The molecule has 27 heavy (non-hydrogen) atoms. The highest BCUT2D eigenvalue weighted by Crippen LogP contribution is 2.27. The van der Waals surface area contributed by atoms with Crippen LogP contribution in [-0.2, 0) is 0 Å². The van der Waals surface area contributed by atoms with E-state index >= 15 is 0 Å². The second-order valence-corrected chi connectivity index (χ2v) is 6.16. The van der Waals surface area contributed by atoms with E-state index in [1.807, 2.05) is 0 Å². The Labute approximate surface area is 153 Å². The van der Waals surface area contributed by atoms with Crippen LogP contribution in [0.1, 0.15) is 41.4 Å². The van der Waals surface area contributed by atoms with Gasteiger partial charge in [-0.1, -0.05) is 0 Å². The fourth-order valence-electron chi connectivity index (χ4n) is 3.03. The van der Waals surface area contributed by atoms with E-state index in [9.17, 15) is 19.2 Å². The summed E-state index contributed by atoms with van der Waals surface area (Å²) in [5.74, 6) is -0.713. The number of hydrogen-bond acceptors (Lipinski definition) is 6. The molecule has 2 aromatic rings. The van der Waals surface area contributed by atoms with Crippen LogP contribution in [0.3, 0.4) is 0 Å². The minimum absolute atomic E-state index is 0.173. The Kier molecular flexibility index (Phi) is 3.69. The van der Waals surface area contributed by atoms with Gasteiger partial charge in [0.1, 0.15) is 11.5 Å². The summed E-state index contributed by atoms with van der Waals surface area (Å²) in [6.07, 6.45) is 0. The molecule has 136 valence electrons. The van der Waals surface area contributed by atoms with Gasteiger partial charge in [-0.3, -0.25) is 29.0 Å². The van der Waals surface area contributed by atoms with Gasteiger partial charge in [0.05, 0.1) is 22.3 Å². The minimum Gasteiger partial charge on any atom is -0.457 e. The fourth-order valence-corrected chi connectivity index (χ4v) is 3.03. The van der Waals surface area contributed by atoms with Gasteiger partial charge in [0, 0.05) is 14.1 Å². The Balaban J connectivity index is 1.45. The average Bonchev–Trinajstić information content (AvgIpc) is 3.02. The molecule has 0 saturated carbocycles. The van der Waals surface area contributed by atoms with E-state index in [1.165, 1.54) is 38.4 Å². The summed E-state index contributed by atoms with van der Waals surface area (Å²) >= 11 is 0. The molecule has 0 radical (unpaired) electrons. The van der Waals surface area contributed by atoms with Crippen molar-refractivity contribution in [1.82, 2.24) is 9.80 Å². The van der Waals surface area contributed by atoms with Crippen molar-refractivity contribution in [2.24, 2.45) is 0 Å². The number of nitrogens with zero attached hydrogens (tertiary/aromatic N) is 2. The number of imide groups is 2. The summed E-state index contributed by atoms with van der Waals surface area (Å²) in [7, 11) is 2.84. The van der Waals surface area contributed by atoms with Crippen molar-refractivity contribution in [3.63, 3.8) is 0 Å². The highest BCUT2D eigenvalue weighted by Gasteiger charge is 2.34. The molecule has 0 bridgehead atoms. The molecule has 0 aromatic heterocycles. The van der Waals surface area contributed by atoms with Crippen molar-refractivity contribution >= 4 is 23.6 Å². The first kappa shape index (κ1) is 16.8. The first-order valence-corrected chi connectivity index (χ1v) is 8.07. The quantitative estimate of drug-likeness (QED) is 0.602. The Bertz CT molecular complexity index is 947. The van der Waals surface area contributed by atoms with Gasteiger partial charge < -0.3 is 9.47 Å². The number of carbonyl (C=O) groups excluding carboxylic acids is 4. The molecule has 2 heterocycles. The molecule has 0 unspecified atom stereocenters. The maximum absolute atomic E-state index is 12.0. The predicted molar refractivity (Wildman–Crippen MR) is 91.9 cm³/mol. The van der Waals surface area contributed by atoms with Gasteiger partial charge in [-0.2, -0.15) is 0 Å². The highest BCUT2D eigenvalue weighted by atomic mass is 16.7. The second kappa shape index (κ2) is 5.94. The van der Waals surface area contributed by atoms with Crippen LogP contribution in [0.5, 0.6) is 11.5 Å². The number of rotatable bonds is 4. The number of benzene rings is 2. The van der Waals surface area contributed by atoms with Crippen LogP contribution in [-0.4, -0.2) is 54.3 Å². The molecule has 4 rings (SSSR count). The second-order valence-electron chi connectivity index (χ2n) is 6.16. The van der Waals surface area contributed by atoms with Crippen molar-refractivity contribution in [2.45, 2.75) is 0 Å². The molecule has 0 fully saturated rings. The van der Waals surface area contributed by atoms with Gasteiger partial charge in [-0.15, -0.1) is 0 Å². The molecule has 2 aliphatic heterocycles. The zero-order chi connectivity index (χ0) is 19.3. The first-order valence-electron chi connectivity index (χ1n) is 8.07. The lowest BCUT2D eigenvalue weighted by atomic mass is 10.1. The van der Waals surface area contributed by atoms with Crippen LogP contribution >= 0.6 is 0 Å². The van der Waals surface area contributed by atoms with E-state index in [4.69, 9.17) is 9.47 Å². The van der Waals surface area contributed by atoms with E-state index in [2.05, 4.69) is 0 Å². The normalized spacial score (nSPS) is 15.3. The van der Waals surface area contributed by atoms with E-state index in [0.717, 1.165) is 9.80 Å². The van der Waals surface area contributed by atoms with Crippen molar-refractivity contribution in [1.29, 1.82) is 0 Å². The number of ether oxygens (including phenoxy) is 2. The monoisotopic (exact) mass is 366 g/mol. The summed E-state index contributed by atoms with van der Waals surface area (Å²) < 4.78 is 11.0. The van der Waals surface area contributed by atoms with Gasteiger partial charge in [0.15, 0.2) is 0 Å². The summed E-state index contributed by atoms with van der Waals surface area (Å²) in [6, 6.07) is 9.19. The van der Waals surface area contributed by atoms with Crippen LogP contribution in [0.2, 0.25) is 0 Å². The largest absolute Gasteiger partial charge is 0.457 e. The zero-order valence-electron chi connectivity index (χ0n) is 14.5. The Morgan fingerprint density at radius 2 is 1.00 bits per heavy atom. The van der Waals surface area contributed by atoms with Gasteiger partial charge in [-0.05, 0) is 36.4 Å². The van der Waals surface area contributed by atoms with Gasteiger partial charge >= 0.3 is 0 Å². The smallest absolute Gasteiger partial charge is 0.261 e. The number of hydrogen-bond donors (Lipinski definition) is 0. The SMILES string of the molecule is CN1C(=O)c2ccc(OCOc3ccc4c(c3)C(=O)N(C)C4=O)cc2C1=O. The molecule has 2 aromatic carbocycles. The first-order chi connectivity index (χ1) is 12.9. The number of fused-ring (bicyclic) bond motifs is 2. The average molecular weight is 366 g/mol. The summed E-state index contributed by atoms with van der Waals surface area (Å²) in [6.45, 7) is -0.173. The minimum atomic E-state index is -0.382. The molecular formula is C19H14N2O6. The summed E-state index contributed by atoms with van der Waals surface area (Å²) in [5.41, 5.74) is 1.23. The molecule has 0 aliphatic carbocycles. The van der Waals surface area contributed by atoms with E-state index in [-0.39, 0.29) is 41.5 Å². The molecule has 2 aliphatic rings. The standard InChI is InChI=1S/C19H14N2O6/c1-20-16(22)12-5-3-10(7-14(12)18(20)24)26-9-27-11-4-6-13-15(8-11)19(25)21(2)17(13)23/h3-8H,9H2,1-2H3. The molecule has 4 amide bonds. The van der Waals surface area contributed by atoms with Crippen molar-refractivity contribution in [2.75, 3.05) is 20.9 Å². The van der Waals surface area contributed by atoms with E-state index in [0.29, 0.717) is 22.6 Å². The molecule has 0 saturated heterocycles. The molecule has 0 spiro atoms. The van der Waals surface area contributed by atoms with Crippen LogP contribution < -0.4 is 9.47 Å².